The van der Waals surface area contributed by atoms with Gasteiger partial charge in [0.2, 0.25) is 5.69 Å². The second-order valence-electron chi connectivity index (χ2n) is 18.1. The highest BCUT2D eigenvalue weighted by Crippen LogP contribution is 2.49. The first-order chi connectivity index (χ1) is 31.0. The van der Waals surface area contributed by atoms with Crippen LogP contribution in [0.2, 0.25) is 0 Å². The van der Waals surface area contributed by atoms with Crippen molar-refractivity contribution in [3.8, 4) is 5.75 Å². The summed E-state index contributed by atoms with van der Waals surface area (Å²) in [5, 5.41) is 6.97. The van der Waals surface area contributed by atoms with E-state index in [-0.39, 0.29) is 35.8 Å². The highest BCUT2D eigenvalue weighted by molar-refractivity contribution is 7.86. The van der Waals surface area contributed by atoms with Gasteiger partial charge in [0.05, 0.1) is 33.8 Å². The molecule has 10 nitrogen and oxygen atoms in total. The van der Waals surface area contributed by atoms with Crippen molar-refractivity contribution in [3.63, 3.8) is 0 Å². The van der Waals surface area contributed by atoms with Crippen molar-refractivity contribution in [2.45, 2.75) is 76.7 Å². The Hall–Kier alpha value is -5.53. The predicted molar refractivity (Wildman–Crippen MR) is 266 cm³/mol. The predicted octanol–water partition coefficient (Wildman–Crippen LogP) is 11.4. The lowest BCUT2D eigenvalue weighted by Gasteiger charge is -2.32. The molecule has 2 heterocycles. The van der Waals surface area contributed by atoms with Gasteiger partial charge in [0.1, 0.15) is 18.1 Å². The van der Waals surface area contributed by atoms with Crippen LogP contribution in [-0.4, -0.2) is 72.0 Å². The molecule has 0 saturated heterocycles. The molecule has 2 N–H and O–H groups in total. The minimum absolute atomic E-state index is 0.127. The molecular weight excluding hydrogens is 875 g/mol. The van der Waals surface area contributed by atoms with Gasteiger partial charge in [0, 0.05) is 41.8 Å². The summed E-state index contributed by atoms with van der Waals surface area (Å²) in [4.78, 5) is 6.37. The first-order valence-electron chi connectivity index (χ1n) is 22.0. The monoisotopic (exact) mass is 928 g/mol. The summed E-state index contributed by atoms with van der Waals surface area (Å²) >= 11 is 4.83. The van der Waals surface area contributed by atoms with Gasteiger partial charge in [0.15, 0.2) is 5.71 Å². The minimum Gasteiger partial charge on any atom is -0.457 e. The minimum atomic E-state index is -4.15. The maximum absolute atomic E-state index is 11.8. The molecule has 0 amide bonds. The standard InChI is InChI=1S/C52H53N3O7S3/c1-51(2)46(54(31-11-33-64(56,57)58)44-28-21-36-13-5-7-18-42(36)48(44)51)20-10-17-38-15-9-16-39(50(38)62-41-26-24-40(25-27-41)53-35-63)23-30-47-52(3,4)49-43-19-8-6-14-37(43)22-29-45(49)55(47)32-12-34-65(59,60)61/h5-8,10,13-14,17-30,46H,9,11-12,15-16,31-34H2,1-4H3,(H-,56,57,58,59,60,61)/p+1. The molecule has 65 heavy (non-hydrogen) atoms. The summed E-state index contributed by atoms with van der Waals surface area (Å²) in [5.74, 6) is 0.710. The van der Waals surface area contributed by atoms with E-state index in [1.54, 1.807) is 0 Å². The normalized spacial score (nSPS) is 18.9. The number of benzene rings is 5. The van der Waals surface area contributed by atoms with E-state index in [1.165, 1.54) is 5.56 Å². The third-order valence-corrected chi connectivity index (χ3v) is 14.7. The van der Waals surface area contributed by atoms with Crippen molar-refractivity contribution in [3.05, 3.63) is 155 Å². The fraction of sp³-hybridized carbons (Fsp3) is 0.308. The number of nitrogens with zero attached hydrogens (tertiary/aromatic N) is 3. The Balaban J connectivity index is 1.20. The molecule has 0 saturated carbocycles. The average molecular weight is 929 g/mol. The van der Waals surface area contributed by atoms with E-state index in [4.69, 9.17) is 17.0 Å². The van der Waals surface area contributed by atoms with Gasteiger partial charge >= 0.3 is 0 Å². The summed E-state index contributed by atoms with van der Waals surface area (Å²) in [7, 11) is -8.27. The molecule has 0 radical (unpaired) electrons. The summed E-state index contributed by atoms with van der Waals surface area (Å²) in [6.45, 7) is 9.69. The number of fused-ring (bicyclic) bond motifs is 6. The Labute approximate surface area is 387 Å². The number of isothiocyanates is 1. The van der Waals surface area contributed by atoms with E-state index in [0.29, 0.717) is 24.5 Å². The maximum atomic E-state index is 11.8. The number of aliphatic imine (C=N–C) groups is 1. The molecule has 336 valence electrons. The van der Waals surface area contributed by atoms with Crippen LogP contribution in [0.3, 0.4) is 0 Å². The summed E-state index contributed by atoms with van der Waals surface area (Å²) in [6, 6.07) is 32.3. The molecule has 5 aromatic carbocycles. The summed E-state index contributed by atoms with van der Waals surface area (Å²) in [5.41, 5.74) is 7.32. The van der Waals surface area contributed by atoms with Gasteiger partial charge in [-0.05, 0) is 132 Å². The first kappa shape index (κ1) is 46.0. The Morgan fingerprint density at radius 1 is 0.815 bits per heavy atom. The molecule has 8 rings (SSSR count). The van der Waals surface area contributed by atoms with Crippen molar-refractivity contribution in [2.75, 3.05) is 29.5 Å². The molecule has 1 aliphatic carbocycles. The van der Waals surface area contributed by atoms with Gasteiger partial charge in [0.25, 0.3) is 20.2 Å². The van der Waals surface area contributed by atoms with Gasteiger partial charge < -0.3 is 9.64 Å². The quantitative estimate of drug-likeness (QED) is 0.0455. The third-order valence-electron chi connectivity index (χ3n) is 13.0. The molecule has 2 aliphatic heterocycles. The van der Waals surface area contributed by atoms with E-state index in [1.807, 2.05) is 48.5 Å². The highest BCUT2D eigenvalue weighted by Gasteiger charge is 2.46. The Morgan fingerprint density at radius 2 is 1.46 bits per heavy atom. The Bertz CT molecular complexity index is 3120. The molecule has 0 spiro atoms. The van der Waals surface area contributed by atoms with Crippen LogP contribution in [0.5, 0.6) is 5.75 Å². The van der Waals surface area contributed by atoms with Crippen LogP contribution in [0.25, 0.3) is 21.5 Å². The van der Waals surface area contributed by atoms with E-state index < -0.39 is 25.7 Å². The van der Waals surface area contributed by atoms with Gasteiger partial charge in [-0.3, -0.25) is 9.11 Å². The molecular formula is C52H54N3O7S3+. The lowest BCUT2D eigenvalue weighted by Crippen LogP contribution is -2.40. The Morgan fingerprint density at radius 3 is 2.14 bits per heavy atom. The molecule has 5 aromatic rings. The highest BCUT2D eigenvalue weighted by atomic mass is 32.2. The summed E-state index contributed by atoms with van der Waals surface area (Å²) in [6.07, 6.45) is 13.6. The van der Waals surface area contributed by atoms with Crippen molar-refractivity contribution >= 4 is 81.9 Å². The van der Waals surface area contributed by atoms with E-state index in [9.17, 15) is 25.9 Å². The fourth-order valence-electron chi connectivity index (χ4n) is 10.1. The molecule has 1 unspecified atom stereocenters. The number of allylic oxidation sites excluding steroid dienone is 6. The number of hydrogen-bond acceptors (Lipinski definition) is 8. The van der Waals surface area contributed by atoms with Crippen LogP contribution in [0.4, 0.5) is 17.1 Å². The Kier molecular flexibility index (Phi) is 13.0. The smallest absolute Gasteiger partial charge is 0.265 e. The molecule has 0 fully saturated rings. The third kappa shape index (κ3) is 9.72. The second kappa shape index (κ2) is 18.4. The van der Waals surface area contributed by atoms with Crippen LogP contribution >= 0.6 is 12.2 Å². The van der Waals surface area contributed by atoms with E-state index in [0.717, 1.165) is 80.4 Å². The van der Waals surface area contributed by atoms with E-state index in [2.05, 4.69) is 126 Å². The van der Waals surface area contributed by atoms with Crippen LogP contribution in [0.15, 0.2) is 149 Å². The van der Waals surface area contributed by atoms with Crippen LogP contribution in [-0.2, 0) is 31.1 Å². The zero-order valence-electron chi connectivity index (χ0n) is 37.1. The van der Waals surface area contributed by atoms with Gasteiger partial charge in [-0.25, -0.2) is 0 Å². The lowest BCUT2D eigenvalue weighted by atomic mass is 9.78. The maximum Gasteiger partial charge on any atom is 0.265 e. The second-order valence-corrected chi connectivity index (χ2v) is 21.4. The zero-order valence-corrected chi connectivity index (χ0v) is 39.5. The largest absolute Gasteiger partial charge is 0.457 e. The van der Waals surface area contributed by atoms with Crippen molar-refractivity contribution in [1.29, 1.82) is 0 Å². The SMILES string of the molecule is CC1(C)C(C=CC2=C(Oc3ccc(N=C=S)cc3)C(=CC=CC3N(CCCS(=O)(=O)O)c4ccc5ccccc5c4C3(C)C)CCC2)=[N+](CCCS(=O)(=O)O)c2ccc3ccccc3c21. The number of rotatable bonds is 15. The van der Waals surface area contributed by atoms with Crippen molar-refractivity contribution in [1.82, 2.24) is 0 Å². The number of ether oxygens (including phenoxy) is 1. The van der Waals surface area contributed by atoms with Crippen LogP contribution in [0.1, 0.15) is 70.9 Å². The molecule has 0 bridgehead atoms. The lowest BCUT2D eigenvalue weighted by molar-refractivity contribution is -0.437. The van der Waals surface area contributed by atoms with Crippen LogP contribution < -0.4 is 9.64 Å². The summed E-state index contributed by atoms with van der Waals surface area (Å²) < 4.78 is 75.6. The number of thiocarbonyl (C=S) groups is 1. The average Bonchev–Trinajstić information content (AvgIpc) is 3.61. The van der Waals surface area contributed by atoms with Crippen molar-refractivity contribution < 1.29 is 35.3 Å². The number of anilines is 1. The fourth-order valence-corrected chi connectivity index (χ4v) is 11.2. The topological polar surface area (TPSA) is 137 Å². The number of hydrogen-bond donors (Lipinski definition) is 2. The first-order valence-corrected chi connectivity index (χ1v) is 25.6. The van der Waals surface area contributed by atoms with Crippen LogP contribution in [0, 0.1) is 0 Å². The van der Waals surface area contributed by atoms with E-state index >= 15 is 0 Å². The molecule has 0 aromatic heterocycles. The van der Waals surface area contributed by atoms with Gasteiger partial charge in [-0.15, -0.1) is 0 Å². The molecule has 1 atom stereocenters. The van der Waals surface area contributed by atoms with Gasteiger partial charge in [-0.2, -0.15) is 26.4 Å². The zero-order chi connectivity index (χ0) is 46.1. The van der Waals surface area contributed by atoms with Gasteiger partial charge in [-0.1, -0.05) is 86.7 Å². The molecule has 13 heteroatoms. The van der Waals surface area contributed by atoms with Crippen molar-refractivity contribution in [2.24, 2.45) is 4.99 Å². The molecule has 3 aliphatic rings.